The molecule has 8 nitrogen and oxygen atoms in total. The number of hydrogen-bond donors (Lipinski definition) is 3. The molecular formula is C23H28N6O2. The Morgan fingerprint density at radius 2 is 1.87 bits per heavy atom. The van der Waals surface area contributed by atoms with Crippen molar-refractivity contribution in [1.29, 1.82) is 0 Å². The number of fused-ring (bicyclic) bond motifs is 1. The number of hydrogen-bond acceptors (Lipinski definition) is 4. The Bertz CT molecular complexity index is 1050. The van der Waals surface area contributed by atoms with E-state index in [1.807, 2.05) is 60.4 Å². The summed E-state index contributed by atoms with van der Waals surface area (Å²) >= 11 is 0. The molecule has 3 aromatic rings. The maximum atomic E-state index is 13.1. The van der Waals surface area contributed by atoms with Gasteiger partial charge in [0.1, 0.15) is 0 Å². The number of benzene rings is 2. The fraction of sp³-hybridized carbons (Fsp3) is 0.348. The first-order chi connectivity index (χ1) is 15.0. The van der Waals surface area contributed by atoms with Crippen molar-refractivity contribution in [2.24, 2.45) is 5.73 Å². The summed E-state index contributed by atoms with van der Waals surface area (Å²) in [4.78, 5) is 36.8. The summed E-state index contributed by atoms with van der Waals surface area (Å²) in [7, 11) is 0. The first kappa shape index (κ1) is 20.7. The van der Waals surface area contributed by atoms with Crippen LogP contribution in [0.1, 0.15) is 30.0 Å². The highest BCUT2D eigenvalue weighted by Crippen LogP contribution is 2.23. The van der Waals surface area contributed by atoms with Crippen LogP contribution < -0.4 is 16.0 Å². The van der Waals surface area contributed by atoms with Crippen molar-refractivity contribution >= 4 is 28.9 Å². The maximum absolute atomic E-state index is 13.1. The number of aromatic nitrogens is 2. The van der Waals surface area contributed by atoms with Crippen molar-refractivity contribution in [3.63, 3.8) is 0 Å². The third-order valence-corrected chi connectivity index (χ3v) is 5.78. The van der Waals surface area contributed by atoms with E-state index in [2.05, 4.69) is 20.2 Å². The SMILES string of the molecule is Cc1ccccc1C(CC(=O)N1CCCN(c2nc3ccccc3[nH]2)CC1)NC(N)=O. The topological polar surface area (TPSA) is 107 Å². The molecule has 0 aliphatic carbocycles. The molecule has 4 N–H and O–H groups in total. The summed E-state index contributed by atoms with van der Waals surface area (Å²) in [5.74, 6) is 0.845. The largest absolute Gasteiger partial charge is 0.352 e. The molecule has 0 saturated carbocycles. The number of carbonyl (C=O) groups excluding carboxylic acids is 2. The van der Waals surface area contributed by atoms with Crippen LogP contribution in [0.15, 0.2) is 48.5 Å². The quantitative estimate of drug-likeness (QED) is 0.590. The smallest absolute Gasteiger partial charge is 0.312 e. The lowest BCUT2D eigenvalue weighted by Crippen LogP contribution is -2.40. The Kier molecular flexibility index (Phi) is 6.06. The number of anilines is 1. The number of nitrogens with one attached hydrogen (secondary N) is 2. The van der Waals surface area contributed by atoms with Gasteiger partial charge in [-0.05, 0) is 36.6 Å². The van der Waals surface area contributed by atoms with E-state index in [0.29, 0.717) is 19.6 Å². The van der Waals surface area contributed by atoms with Gasteiger partial charge < -0.3 is 25.8 Å². The Hall–Kier alpha value is -3.55. The van der Waals surface area contributed by atoms with E-state index in [1.165, 1.54) is 0 Å². The van der Waals surface area contributed by atoms with Crippen molar-refractivity contribution in [1.82, 2.24) is 20.2 Å². The van der Waals surface area contributed by atoms with E-state index < -0.39 is 12.1 Å². The molecule has 31 heavy (non-hydrogen) atoms. The number of urea groups is 1. The zero-order chi connectivity index (χ0) is 21.8. The van der Waals surface area contributed by atoms with E-state index >= 15 is 0 Å². The number of carbonyl (C=O) groups is 2. The standard InChI is InChI=1S/C23H28N6O2/c1-16-7-2-3-8-17(16)20(25-22(24)31)15-21(30)28-11-6-12-29(14-13-28)23-26-18-9-4-5-10-19(18)27-23/h2-5,7-10,20H,6,11-15H2,1H3,(H,26,27)(H3,24,25,31). The van der Waals surface area contributed by atoms with Crippen molar-refractivity contribution in [2.45, 2.75) is 25.8 Å². The van der Waals surface area contributed by atoms with Crippen LogP contribution in [0.2, 0.25) is 0 Å². The van der Waals surface area contributed by atoms with E-state index in [1.54, 1.807) is 0 Å². The van der Waals surface area contributed by atoms with E-state index in [9.17, 15) is 9.59 Å². The lowest BCUT2D eigenvalue weighted by Gasteiger charge is -2.25. The van der Waals surface area contributed by atoms with Crippen LogP contribution in [0.4, 0.5) is 10.7 Å². The average molecular weight is 421 g/mol. The molecule has 1 aromatic heterocycles. The van der Waals surface area contributed by atoms with Gasteiger partial charge in [0, 0.05) is 26.2 Å². The minimum atomic E-state index is -0.631. The highest BCUT2D eigenvalue weighted by Gasteiger charge is 2.25. The molecule has 4 rings (SSSR count). The number of para-hydroxylation sites is 2. The van der Waals surface area contributed by atoms with Crippen molar-refractivity contribution < 1.29 is 9.59 Å². The minimum absolute atomic E-state index is 0.00783. The number of nitrogens with zero attached hydrogens (tertiary/aromatic N) is 3. The molecule has 3 amide bonds. The van der Waals surface area contributed by atoms with E-state index in [4.69, 9.17) is 5.73 Å². The molecule has 1 atom stereocenters. The van der Waals surface area contributed by atoms with Crippen molar-refractivity contribution in [3.05, 3.63) is 59.7 Å². The summed E-state index contributed by atoms with van der Waals surface area (Å²) < 4.78 is 0. The molecule has 1 fully saturated rings. The van der Waals surface area contributed by atoms with E-state index in [0.717, 1.165) is 41.1 Å². The summed E-state index contributed by atoms with van der Waals surface area (Å²) in [6, 6.07) is 14.6. The van der Waals surface area contributed by atoms with Gasteiger partial charge in [-0.1, -0.05) is 36.4 Å². The number of aryl methyl sites for hydroxylation is 1. The average Bonchev–Trinajstić information content (AvgIpc) is 3.02. The molecule has 0 bridgehead atoms. The molecule has 1 saturated heterocycles. The maximum Gasteiger partial charge on any atom is 0.312 e. The molecule has 1 unspecified atom stereocenters. The van der Waals surface area contributed by atoms with Gasteiger partial charge in [0.25, 0.3) is 0 Å². The van der Waals surface area contributed by atoms with Crippen molar-refractivity contribution in [2.75, 3.05) is 31.1 Å². The second-order valence-electron chi connectivity index (χ2n) is 7.92. The molecule has 1 aliphatic heterocycles. The highest BCUT2D eigenvalue weighted by atomic mass is 16.2. The number of H-pyrrole nitrogens is 1. The third kappa shape index (κ3) is 4.79. The number of aromatic amines is 1. The summed E-state index contributed by atoms with van der Waals surface area (Å²) in [6.45, 7) is 4.76. The van der Waals surface area contributed by atoms with Crippen LogP contribution in [0.5, 0.6) is 0 Å². The predicted molar refractivity (Wildman–Crippen MR) is 121 cm³/mol. The Morgan fingerprint density at radius 1 is 1.10 bits per heavy atom. The summed E-state index contributed by atoms with van der Waals surface area (Å²) in [5, 5.41) is 2.74. The van der Waals surface area contributed by atoms with Crippen molar-refractivity contribution in [3.8, 4) is 0 Å². The van der Waals surface area contributed by atoms with E-state index in [-0.39, 0.29) is 12.3 Å². The van der Waals surface area contributed by atoms with Crippen LogP contribution in [0.25, 0.3) is 11.0 Å². The zero-order valence-electron chi connectivity index (χ0n) is 17.7. The minimum Gasteiger partial charge on any atom is -0.352 e. The number of imidazole rings is 1. The lowest BCUT2D eigenvalue weighted by atomic mass is 9.98. The lowest BCUT2D eigenvalue weighted by molar-refractivity contribution is -0.131. The second kappa shape index (κ2) is 9.07. The predicted octanol–water partition coefficient (Wildman–Crippen LogP) is 2.71. The number of primary amides is 1. The molecule has 8 heteroatoms. The molecule has 2 aromatic carbocycles. The fourth-order valence-corrected chi connectivity index (χ4v) is 4.16. The van der Waals surface area contributed by atoms with Crippen LogP contribution in [0, 0.1) is 6.92 Å². The van der Waals surface area contributed by atoms with Gasteiger partial charge in [0.05, 0.1) is 23.5 Å². The number of rotatable bonds is 5. The van der Waals surface area contributed by atoms with Gasteiger partial charge in [0.15, 0.2) is 0 Å². The van der Waals surface area contributed by atoms with Gasteiger partial charge in [-0.15, -0.1) is 0 Å². The number of nitrogens with two attached hydrogens (primary N) is 1. The van der Waals surface area contributed by atoms with Gasteiger partial charge in [-0.25, -0.2) is 9.78 Å². The Morgan fingerprint density at radius 3 is 2.65 bits per heavy atom. The first-order valence-electron chi connectivity index (χ1n) is 10.6. The van der Waals surface area contributed by atoms with Crippen LogP contribution in [0.3, 0.4) is 0 Å². The van der Waals surface area contributed by atoms with Gasteiger partial charge in [-0.2, -0.15) is 0 Å². The summed E-state index contributed by atoms with van der Waals surface area (Å²) in [6.07, 6.45) is 1.03. The Balaban J connectivity index is 1.43. The monoisotopic (exact) mass is 420 g/mol. The molecule has 2 heterocycles. The first-order valence-corrected chi connectivity index (χ1v) is 10.6. The third-order valence-electron chi connectivity index (χ3n) is 5.78. The zero-order valence-corrected chi connectivity index (χ0v) is 17.7. The molecular weight excluding hydrogens is 392 g/mol. The second-order valence-corrected chi connectivity index (χ2v) is 7.92. The fourth-order valence-electron chi connectivity index (χ4n) is 4.16. The summed E-state index contributed by atoms with van der Waals surface area (Å²) in [5.41, 5.74) is 9.25. The van der Waals surface area contributed by atoms with Gasteiger partial charge >= 0.3 is 6.03 Å². The molecule has 162 valence electrons. The van der Waals surface area contributed by atoms with Crippen LogP contribution in [-0.4, -0.2) is 53.0 Å². The Labute approximate surface area is 181 Å². The van der Waals surface area contributed by atoms with Gasteiger partial charge in [-0.3, -0.25) is 4.79 Å². The van der Waals surface area contributed by atoms with Crippen LogP contribution in [-0.2, 0) is 4.79 Å². The molecule has 1 aliphatic rings. The van der Waals surface area contributed by atoms with Crippen LogP contribution >= 0.6 is 0 Å². The highest BCUT2D eigenvalue weighted by molar-refractivity contribution is 5.79. The molecule has 0 spiro atoms. The van der Waals surface area contributed by atoms with Gasteiger partial charge in [0.2, 0.25) is 11.9 Å². The normalized spacial score (nSPS) is 15.5. The molecule has 0 radical (unpaired) electrons. The number of amides is 3.